The molecule has 0 heterocycles. The number of aliphatic carboxylic acids is 1. The van der Waals surface area contributed by atoms with Gasteiger partial charge in [0.05, 0.1) is 6.54 Å². The van der Waals surface area contributed by atoms with Crippen LogP contribution in [-0.4, -0.2) is 47.7 Å². The zero-order valence-electron chi connectivity index (χ0n) is 14.2. The van der Waals surface area contributed by atoms with Gasteiger partial charge in [0.25, 0.3) is 0 Å². The fourth-order valence-corrected chi connectivity index (χ4v) is 3.89. The molecule has 0 aromatic heterocycles. The van der Waals surface area contributed by atoms with Gasteiger partial charge in [0.15, 0.2) is 0 Å². The van der Waals surface area contributed by atoms with Crippen LogP contribution < -0.4 is 5.32 Å². The molecule has 0 bridgehead atoms. The summed E-state index contributed by atoms with van der Waals surface area (Å²) in [7, 11) is 0. The van der Waals surface area contributed by atoms with Gasteiger partial charge >= 0.3 is 5.97 Å². The lowest BCUT2D eigenvalue weighted by Gasteiger charge is -2.43. The molecule has 1 aromatic carbocycles. The molecular formula is C19H27BrN2O2. The number of nitrogens with zero attached hydrogens (tertiary/aromatic N) is 1. The van der Waals surface area contributed by atoms with Gasteiger partial charge in [0.1, 0.15) is 0 Å². The van der Waals surface area contributed by atoms with Gasteiger partial charge in [-0.05, 0) is 55.2 Å². The standard InChI is InChI=1S/C19H27BrN2O2/c1-13(15-3-2-4-16(20)7-15)10-21-17-8-18(9-17)22(12-19(23)24)11-14-5-6-14/h2-4,7,13-14,17-18,21H,5-6,8-12H2,1H3,(H,23,24). The normalized spacial score (nSPS) is 24.6. The molecule has 2 aliphatic rings. The van der Waals surface area contributed by atoms with E-state index in [1.807, 2.05) is 0 Å². The number of nitrogens with one attached hydrogen (secondary N) is 1. The quantitative estimate of drug-likeness (QED) is 0.673. The lowest BCUT2D eigenvalue weighted by molar-refractivity contribution is -0.139. The van der Waals surface area contributed by atoms with Crippen molar-refractivity contribution in [1.82, 2.24) is 10.2 Å². The third-order valence-corrected chi connectivity index (χ3v) is 5.78. The predicted octanol–water partition coefficient (Wildman–Crippen LogP) is 3.47. The van der Waals surface area contributed by atoms with E-state index >= 15 is 0 Å². The van der Waals surface area contributed by atoms with Crippen molar-refractivity contribution < 1.29 is 9.90 Å². The first-order valence-electron chi connectivity index (χ1n) is 8.96. The fourth-order valence-electron chi connectivity index (χ4n) is 3.48. The third-order valence-electron chi connectivity index (χ3n) is 5.29. The summed E-state index contributed by atoms with van der Waals surface area (Å²) in [4.78, 5) is 13.3. The van der Waals surface area contributed by atoms with Crippen molar-refractivity contribution in [2.75, 3.05) is 19.6 Å². The number of halogens is 1. The molecule has 0 amide bonds. The first-order valence-corrected chi connectivity index (χ1v) is 9.75. The highest BCUT2D eigenvalue weighted by molar-refractivity contribution is 9.10. The summed E-state index contributed by atoms with van der Waals surface area (Å²) in [6.07, 6.45) is 4.69. The van der Waals surface area contributed by atoms with Crippen molar-refractivity contribution in [1.29, 1.82) is 0 Å². The summed E-state index contributed by atoms with van der Waals surface area (Å²) in [5.41, 5.74) is 1.34. The second-order valence-corrected chi connectivity index (χ2v) is 8.37. The van der Waals surface area contributed by atoms with E-state index in [1.165, 1.54) is 18.4 Å². The van der Waals surface area contributed by atoms with E-state index in [2.05, 4.69) is 57.3 Å². The topological polar surface area (TPSA) is 52.6 Å². The van der Waals surface area contributed by atoms with E-state index < -0.39 is 5.97 Å². The molecule has 0 saturated heterocycles. The Labute approximate surface area is 152 Å². The minimum Gasteiger partial charge on any atom is -0.480 e. The van der Waals surface area contributed by atoms with Gasteiger partial charge in [-0.3, -0.25) is 9.69 Å². The summed E-state index contributed by atoms with van der Waals surface area (Å²) < 4.78 is 1.12. The predicted molar refractivity (Wildman–Crippen MR) is 99.3 cm³/mol. The molecule has 132 valence electrons. The zero-order valence-corrected chi connectivity index (χ0v) is 15.8. The summed E-state index contributed by atoms with van der Waals surface area (Å²) in [5.74, 6) is 0.520. The number of benzene rings is 1. The van der Waals surface area contributed by atoms with Crippen LogP contribution in [-0.2, 0) is 4.79 Å². The first-order chi connectivity index (χ1) is 11.5. The summed E-state index contributed by atoms with van der Waals surface area (Å²) in [6, 6.07) is 9.46. The largest absolute Gasteiger partial charge is 0.480 e. The summed E-state index contributed by atoms with van der Waals surface area (Å²) in [5, 5.41) is 12.8. The highest BCUT2D eigenvalue weighted by Gasteiger charge is 2.36. The third kappa shape index (κ3) is 5.04. The number of carboxylic acids is 1. The maximum absolute atomic E-state index is 11.1. The first kappa shape index (κ1) is 17.9. The second-order valence-electron chi connectivity index (χ2n) is 7.45. The molecule has 2 fully saturated rings. The van der Waals surface area contributed by atoms with Crippen LogP contribution in [0.3, 0.4) is 0 Å². The van der Waals surface area contributed by atoms with Gasteiger partial charge in [-0.2, -0.15) is 0 Å². The Morgan fingerprint density at radius 1 is 1.42 bits per heavy atom. The van der Waals surface area contributed by atoms with E-state index in [-0.39, 0.29) is 6.54 Å². The average Bonchev–Trinajstić information content (AvgIpc) is 3.28. The second kappa shape index (κ2) is 7.98. The number of hydrogen-bond acceptors (Lipinski definition) is 3. The Balaban J connectivity index is 1.41. The van der Waals surface area contributed by atoms with Gasteiger partial charge in [0.2, 0.25) is 0 Å². The van der Waals surface area contributed by atoms with Crippen molar-refractivity contribution in [3.63, 3.8) is 0 Å². The van der Waals surface area contributed by atoms with E-state index in [0.717, 1.165) is 36.3 Å². The van der Waals surface area contributed by atoms with Crippen LogP contribution in [0.15, 0.2) is 28.7 Å². The monoisotopic (exact) mass is 394 g/mol. The van der Waals surface area contributed by atoms with Crippen LogP contribution in [0.5, 0.6) is 0 Å². The van der Waals surface area contributed by atoms with Gasteiger partial charge in [-0.15, -0.1) is 0 Å². The van der Waals surface area contributed by atoms with Crippen LogP contribution in [0.4, 0.5) is 0 Å². The molecule has 2 N–H and O–H groups in total. The van der Waals surface area contributed by atoms with Crippen molar-refractivity contribution in [2.45, 2.75) is 50.6 Å². The smallest absolute Gasteiger partial charge is 0.317 e. The fraction of sp³-hybridized carbons (Fsp3) is 0.632. The molecule has 0 radical (unpaired) electrons. The minimum absolute atomic E-state index is 0.197. The van der Waals surface area contributed by atoms with Crippen LogP contribution >= 0.6 is 15.9 Å². The Hall–Kier alpha value is -0.910. The molecule has 3 rings (SSSR count). The SMILES string of the molecule is CC(CNC1CC(N(CC(=O)O)CC2CC2)C1)c1cccc(Br)c1. The van der Waals surface area contributed by atoms with Gasteiger partial charge in [0, 0.05) is 29.6 Å². The molecule has 4 nitrogen and oxygen atoms in total. The van der Waals surface area contributed by atoms with Crippen LogP contribution in [0, 0.1) is 5.92 Å². The van der Waals surface area contributed by atoms with Gasteiger partial charge in [-0.1, -0.05) is 35.0 Å². The molecule has 1 atom stereocenters. The Kier molecular flexibility index (Phi) is 5.95. The van der Waals surface area contributed by atoms with E-state index in [0.29, 0.717) is 18.0 Å². The zero-order chi connectivity index (χ0) is 17.1. The molecule has 1 unspecified atom stereocenters. The summed E-state index contributed by atoms with van der Waals surface area (Å²) in [6.45, 7) is 4.38. The number of carboxylic acid groups (broad SMARTS) is 1. The highest BCUT2D eigenvalue weighted by Crippen LogP contribution is 2.34. The van der Waals surface area contributed by atoms with E-state index in [9.17, 15) is 4.79 Å². The average molecular weight is 395 g/mol. The Morgan fingerprint density at radius 3 is 2.79 bits per heavy atom. The Bertz CT molecular complexity index is 570. The molecule has 24 heavy (non-hydrogen) atoms. The molecule has 2 saturated carbocycles. The number of carbonyl (C=O) groups is 1. The maximum Gasteiger partial charge on any atom is 0.317 e. The van der Waals surface area contributed by atoms with E-state index in [1.54, 1.807) is 0 Å². The van der Waals surface area contributed by atoms with Crippen LogP contribution in [0.1, 0.15) is 44.1 Å². The molecule has 2 aliphatic carbocycles. The van der Waals surface area contributed by atoms with Crippen molar-refractivity contribution in [3.8, 4) is 0 Å². The van der Waals surface area contributed by atoms with Gasteiger partial charge < -0.3 is 10.4 Å². The number of hydrogen-bond donors (Lipinski definition) is 2. The van der Waals surface area contributed by atoms with Crippen molar-refractivity contribution in [3.05, 3.63) is 34.3 Å². The molecule has 5 heteroatoms. The lowest BCUT2D eigenvalue weighted by Crippen LogP contribution is -2.54. The molecule has 1 aromatic rings. The molecule has 0 spiro atoms. The number of rotatable bonds is 9. The molecular weight excluding hydrogens is 368 g/mol. The lowest BCUT2D eigenvalue weighted by atomic mass is 9.84. The summed E-state index contributed by atoms with van der Waals surface area (Å²) >= 11 is 3.53. The Morgan fingerprint density at radius 2 is 2.17 bits per heavy atom. The maximum atomic E-state index is 11.1. The highest BCUT2D eigenvalue weighted by atomic mass is 79.9. The van der Waals surface area contributed by atoms with E-state index in [4.69, 9.17) is 5.11 Å². The van der Waals surface area contributed by atoms with Crippen molar-refractivity contribution >= 4 is 21.9 Å². The molecule has 0 aliphatic heterocycles. The van der Waals surface area contributed by atoms with Gasteiger partial charge in [-0.25, -0.2) is 0 Å². The van der Waals surface area contributed by atoms with Crippen molar-refractivity contribution in [2.24, 2.45) is 5.92 Å². The van der Waals surface area contributed by atoms with Crippen LogP contribution in [0.2, 0.25) is 0 Å². The minimum atomic E-state index is -0.699. The van der Waals surface area contributed by atoms with Crippen LogP contribution in [0.25, 0.3) is 0 Å².